The average molecular weight is 684 g/mol. The third-order valence-corrected chi connectivity index (χ3v) is 11.2. The van der Waals surface area contributed by atoms with Crippen molar-refractivity contribution < 1.29 is 0 Å². The quantitative estimate of drug-likeness (QED) is 0.133. The molecule has 0 bridgehead atoms. The minimum absolute atomic E-state index is 1.01. The summed E-state index contributed by atoms with van der Waals surface area (Å²) in [4.78, 5) is 5.25. The Kier molecular flexibility index (Phi) is 6.93. The molecule has 0 aliphatic heterocycles. The van der Waals surface area contributed by atoms with Crippen molar-refractivity contribution in [3.63, 3.8) is 0 Å². The summed E-state index contributed by atoms with van der Waals surface area (Å²) in [6.45, 7) is 0. The molecule has 54 heavy (non-hydrogen) atoms. The monoisotopic (exact) mass is 683 g/mol. The molecule has 0 N–H and O–H groups in total. The summed E-state index contributed by atoms with van der Waals surface area (Å²) >= 11 is 0. The highest BCUT2D eigenvalue weighted by atomic mass is 14.7. The first kappa shape index (κ1) is 30.5. The van der Waals surface area contributed by atoms with Crippen molar-refractivity contribution >= 4 is 64.8 Å². The fourth-order valence-corrected chi connectivity index (χ4v) is 8.80. The van der Waals surface area contributed by atoms with Crippen LogP contribution in [0.15, 0.2) is 200 Å². The molecular formula is C53H33N. The Hall–Kier alpha value is -7.09. The number of fused-ring (bicyclic) bond motifs is 7. The van der Waals surface area contributed by atoms with Crippen LogP contribution in [0.2, 0.25) is 0 Å². The van der Waals surface area contributed by atoms with Crippen molar-refractivity contribution in [3.8, 4) is 44.6 Å². The molecule has 1 nitrogen and oxygen atoms in total. The first-order chi connectivity index (χ1) is 26.8. The Morgan fingerprint density at radius 3 is 1.41 bits per heavy atom. The molecule has 1 aromatic heterocycles. The van der Waals surface area contributed by atoms with Gasteiger partial charge < -0.3 is 0 Å². The maximum Gasteiger partial charge on any atom is 0.0788 e. The summed E-state index contributed by atoms with van der Waals surface area (Å²) < 4.78 is 0. The number of nitrogens with zero attached hydrogens (tertiary/aromatic N) is 1. The van der Waals surface area contributed by atoms with Crippen LogP contribution >= 0.6 is 0 Å². The Morgan fingerprint density at radius 1 is 0.259 bits per heavy atom. The van der Waals surface area contributed by atoms with E-state index in [-0.39, 0.29) is 0 Å². The fourth-order valence-electron chi connectivity index (χ4n) is 8.80. The van der Waals surface area contributed by atoms with Crippen molar-refractivity contribution in [1.82, 2.24) is 4.98 Å². The van der Waals surface area contributed by atoms with Crippen molar-refractivity contribution in [2.75, 3.05) is 0 Å². The van der Waals surface area contributed by atoms with E-state index in [0.29, 0.717) is 0 Å². The van der Waals surface area contributed by atoms with Gasteiger partial charge in [0.2, 0.25) is 0 Å². The topological polar surface area (TPSA) is 12.9 Å². The second-order valence-corrected chi connectivity index (χ2v) is 14.2. The van der Waals surface area contributed by atoms with E-state index in [1.54, 1.807) is 0 Å². The van der Waals surface area contributed by atoms with Crippen LogP contribution in [0.25, 0.3) is 109 Å². The number of hydrogen-bond acceptors (Lipinski definition) is 1. The molecule has 0 saturated heterocycles. The number of pyridine rings is 1. The van der Waals surface area contributed by atoms with Crippen molar-refractivity contribution in [1.29, 1.82) is 0 Å². The van der Waals surface area contributed by atoms with Crippen LogP contribution in [0.4, 0.5) is 0 Å². The Balaban J connectivity index is 1.21. The fraction of sp³-hybridized carbons (Fsp3) is 0. The summed E-state index contributed by atoms with van der Waals surface area (Å²) in [6.07, 6.45) is 0. The van der Waals surface area contributed by atoms with Gasteiger partial charge in [0.15, 0.2) is 0 Å². The summed E-state index contributed by atoms with van der Waals surface area (Å²) in [7, 11) is 0. The number of rotatable bonds is 4. The summed E-state index contributed by atoms with van der Waals surface area (Å²) in [6, 6.07) is 73.0. The zero-order chi connectivity index (χ0) is 35.6. The van der Waals surface area contributed by atoms with Crippen LogP contribution in [-0.4, -0.2) is 4.98 Å². The molecule has 10 aromatic carbocycles. The van der Waals surface area contributed by atoms with Gasteiger partial charge in [0.25, 0.3) is 0 Å². The first-order valence-electron chi connectivity index (χ1n) is 18.6. The summed E-state index contributed by atoms with van der Waals surface area (Å²) in [5.74, 6) is 0. The Bertz CT molecular complexity index is 3270. The SMILES string of the molecule is c1cc(-c2ccc3c(-c4cccc5ccccc45)c4ccccc4c(-c4cccc5ccccc45)c3c2)cc(-c2nc3ccccc3c3ccccc23)c1. The van der Waals surface area contributed by atoms with Gasteiger partial charge in [-0.1, -0.05) is 182 Å². The average Bonchev–Trinajstić information content (AvgIpc) is 3.25. The van der Waals surface area contributed by atoms with E-state index in [9.17, 15) is 0 Å². The largest absolute Gasteiger partial charge is 0.247 e. The normalized spacial score (nSPS) is 11.7. The molecule has 0 fully saturated rings. The molecule has 11 rings (SSSR count). The van der Waals surface area contributed by atoms with Crippen LogP contribution in [0.3, 0.4) is 0 Å². The van der Waals surface area contributed by atoms with Gasteiger partial charge in [-0.15, -0.1) is 0 Å². The van der Waals surface area contributed by atoms with Gasteiger partial charge in [-0.3, -0.25) is 0 Å². The van der Waals surface area contributed by atoms with Crippen LogP contribution in [-0.2, 0) is 0 Å². The van der Waals surface area contributed by atoms with Gasteiger partial charge in [0.1, 0.15) is 0 Å². The van der Waals surface area contributed by atoms with Crippen molar-refractivity contribution in [3.05, 3.63) is 200 Å². The molecule has 0 saturated carbocycles. The van der Waals surface area contributed by atoms with Gasteiger partial charge in [-0.2, -0.15) is 0 Å². The first-order valence-corrected chi connectivity index (χ1v) is 18.6. The highest BCUT2D eigenvalue weighted by Crippen LogP contribution is 2.47. The van der Waals surface area contributed by atoms with Gasteiger partial charge in [0.05, 0.1) is 11.2 Å². The van der Waals surface area contributed by atoms with Crippen LogP contribution in [0, 0.1) is 0 Å². The molecule has 0 unspecified atom stereocenters. The van der Waals surface area contributed by atoms with E-state index in [2.05, 4.69) is 200 Å². The third-order valence-electron chi connectivity index (χ3n) is 11.2. The van der Waals surface area contributed by atoms with E-state index < -0.39 is 0 Å². The van der Waals surface area contributed by atoms with Crippen molar-refractivity contribution in [2.45, 2.75) is 0 Å². The predicted octanol–water partition coefficient (Wildman–Crippen LogP) is 14.7. The Morgan fingerprint density at radius 2 is 0.722 bits per heavy atom. The zero-order valence-corrected chi connectivity index (χ0v) is 29.5. The van der Waals surface area contributed by atoms with E-state index in [4.69, 9.17) is 4.98 Å². The minimum atomic E-state index is 1.01. The second kappa shape index (κ2) is 12.3. The highest BCUT2D eigenvalue weighted by Gasteiger charge is 2.20. The zero-order valence-electron chi connectivity index (χ0n) is 29.5. The standard InChI is InChI=1S/C53H33N/c1-3-20-39-34(14-1)16-12-27-43(39)51-45-24-6-7-25-46(45)52(44-28-13-17-35-15-2-4-21-40(35)44)49-33-37(30-31-47(49)51)36-18-11-19-38(32-36)53-48-26-8-5-22-41(48)42-23-9-10-29-50(42)54-53/h1-33H. The molecule has 0 aliphatic rings. The summed E-state index contributed by atoms with van der Waals surface area (Å²) in [5, 5.41) is 13.6. The maximum absolute atomic E-state index is 5.25. The molecule has 0 radical (unpaired) electrons. The maximum atomic E-state index is 5.25. The lowest BCUT2D eigenvalue weighted by molar-refractivity contribution is 1.43. The van der Waals surface area contributed by atoms with E-state index >= 15 is 0 Å². The Labute approximate surface area is 313 Å². The third kappa shape index (κ3) is 4.76. The number of hydrogen-bond donors (Lipinski definition) is 0. The molecule has 1 heteroatoms. The molecule has 0 spiro atoms. The lowest BCUT2D eigenvalue weighted by atomic mass is 9.83. The summed E-state index contributed by atoms with van der Waals surface area (Å²) in [5.41, 5.74) is 10.5. The lowest BCUT2D eigenvalue weighted by Gasteiger charge is -2.20. The van der Waals surface area contributed by atoms with Gasteiger partial charge in [-0.25, -0.2) is 4.98 Å². The smallest absolute Gasteiger partial charge is 0.0788 e. The van der Waals surface area contributed by atoms with E-state index in [0.717, 1.165) is 27.7 Å². The van der Waals surface area contributed by atoms with E-state index in [1.807, 2.05) is 0 Å². The van der Waals surface area contributed by atoms with E-state index in [1.165, 1.54) is 81.7 Å². The van der Waals surface area contributed by atoms with Crippen LogP contribution in [0.5, 0.6) is 0 Å². The molecule has 0 amide bonds. The molecule has 1 heterocycles. The van der Waals surface area contributed by atoms with Gasteiger partial charge in [-0.05, 0) is 100 Å². The lowest BCUT2D eigenvalue weighted by Crippen LogP contribution is -1.93. The molecule has 250 valence electrons. The van der Waals surface area contributed by atoms with Gasteiger partial charge in [0, 0.05) is 16.3 Å². The molecular weight excluding hydrogens is 651 g/mol. The van der Waals surface area contributed by atoms with Crippen LogP contribution in [0.1, 0.15) is 0 Å². The molecule has 11 aromatic rings. The second-order valence-electron chi connectivity index (χ2n) is 14.2. The highest BCUT2D eigenvalue weighted by molar-refractivity contribution is 6.25. The molecule has 0 aliphatic carbocycles. The predicted molar refractivity (Wildman–Crippen MR) is 231 cm³/mol. The number of benzene rings is 10. The number of aromatic nitrogens is 1. The number of para-hydroxylation sites is 1. The molecule has 0 atom stereocenters. The van der Waals surface area contributed by atoms with Gasteiger partial charge >= 0.3 is 0 Å². The minimum Gasteiger partial charge on any atom is -0.247 e. The van der Waals surface area contributed by atoms with Crippen molar-refractivity contribution in [2.24, 2.45) is 0 Å². The van der Waals surface area contributed by atoms with Crippen LogP contribution < -0.4 is 0 Å².